The summed E-state index contributed by atoms with van der Waals surface area (Å²) in [7, 11) is -3.94. The van der Waals surface area contributed by atoms with Gasteiger partial charge in [0, 0.05) is 24.4 Å². The van der Waals surface area contributed by atoms with E-state index >= 15 is 0 Å². The van der Waals surface area contributed by atoms with E-state index in [0.717, 1.165) is 18.9 Å². The molecule has 0 amide bonds. The second-order valence-corrected chi connectivity index (χ2v) is 6.92. The van der Waals surface area contributed by atoms with Gasteiger partial charge in [-0.3, -0.25) is 0 Å². The monoisotopic (exact) mass is 314 g/mol. The van der Waals surface area contributed by atoms with E-state index in [1.165, 1.54) is 12.1 Å². The quantitative estimate of drug-likeness (QED) is 0.763. The van der Waals surface area contributed by atoms with Crippen LogP contribution in [0.15, 0.2) is 23.1 Å². The molecule has 1 aromatic carbocycles. The molecule has 1 saturated heterocycles. The summed E-state index contributed by atoms with van der Waals surface area (Å²) in [5.74, 6) is -1.21. The molecule has 21 heavy (non-hydrogen) atoms. The minimum Gasteiger partial charge on any atom is -0.478 e. The van der Waals surface area contributed by atoms with E-state index in [1.807, 2.05) is 6.92 Å². The summed E-state index contributed by atoms with van der Waals surface area (Å²) in [5.41, 5.74) is -0.0282. The number of hydrogen-bond donors (Lipinski definition) is 3. The maximum absolute atomic E-state index is 11.3. The van der Waals surface area contributed by atoms with E-state index in [0.29, 0.717) is 18.9 Å². The highest BCUT2D eigenvalue weighted by atomic mass is 32.2. The predicted octanol–water partition coefficient (Wildman–Crippen LogP) is 1.01. The highest BCUT2D eigenvalue weighted by Crippen LogP contribution is 2.28. The van der Waals surface area contributed by atoms with Crippen LogP contribution in [0.5, 0.6) is 0 Å². The van der Waals surface area contributed by atoms with E-state index < -0.39 is 16.0 Å². The Morgan fingerprint density at radius 3 is 2.52 bits per heavy atom. The van der Waals surface area contributed by atoms with Crippen LogP contribution >= 0.6 is 0 Å². The molecule has 0 radical (unpaired) electrons. The Bertz CT molecular complexity index is 651. The normalized spacial score (nSPS) is 18.2. The maximum Gasteiger partial charge on any atom is 0.337 e. The zero-order chi connectivity index (χ0) is 15.7. The minimum atomic E-state index is -3.94. The van der Waals surface area contributed by atoms with Gasteiger partial charge < -0.3 is 15.2 Å². The number of carboxylic acid groups (broad SMARTS) is 1. The van der Waals surface area contributed by atoms with Gasteiger partial charge in [-0.25, -0.2) is 18.4 Å². The van der Waals surface area contributed by atoms with Crippen LogP contribution in [0.3, 0.4) is 0 Å². The molecule has 1 aromatic rings. The first kappa shape index (κ1) is 15.7. The third-order valence-corrected chi connectivity index (χ3v) is 4.49. The lowest BCUT2D eigenvalue weighted by Gasteiger charge is -2.35. The number of carbonyl (C=O) groups is 1. The van der Waals surface area contributed by atoms with Gasteiger partial charge in [-0.1, -0.05) is 0 Å². The van der Waals surface area contributed by atoms with Crippen molar-refractivity contribution in [1.29, 1.82) is 0 Å². The lowest BCUT2D eigenvalue weighted by molar-refractivity contribution is 0.0655. The van der Waals surface area contributed by atoms with Crippen LogP contribution in [0.2, 0.25) is 0 Å². The van der Waals surface area contributed by atoms with Gasteiger partial charge in [0.25, 0.3) is 0 Å². The van der Waals surface area contributed by atoms with Gasteiger partial charge in [-0.15, -0.1) is 0 Å². The van der Waals surface area contributed by atoms with Crippen molar-refractivity contribution in [2.75, 3.05) is 18.5 Å². The Kier molecular flexibility index (Phi) is 4.22. The van der Waals surface area contributed by atoms with Gasteiger partial charge in [0.05, 0.1) is 10.5 Å². The van der Waals surface area contributed by atoms with Gasteiger partial charge in [0.2, 0.25) is 10.0 Å². The first-order valence-corrected chi connectivity index (χ1v) is 8.02. The number of ether oxygens (including phenoxy) is 1. The zero-order valence-corrected chi connectivity index (χ0v) is 12.4. The predicted molar refractivity (Wildman–Crippen MR) is 76.9 cm³/mol. The van der Waals surface area contributed by atoms with E-state index in [9.17, 15) is 18.3 Å². The van der Waals surface area contributed by atoms with Crippen molar-refractivity contribution in [1.82, 2.24) is 0 Å². The summed E-state index contributed by atoms with van der Waals surface area (Å²) in [6.07, 6.45) is 1.48. The summed E-state index contributed by atoms with van der Waals surface area (Å²) in [5, 5.41) is 17.5. The average Bonchev–Trinajstić information content (AvgIpc) is 2.38. The maximum atomic E-state index is 11.3. The van der Waals surface area contributed by atoms with Crippen molar-refractivity contribution in [2.45, 2.75) is 30.2 Å². The second-order valence-electron chi connectivity index (χ2n) is 5.36. The number of anilines is 1. The third-order valence-electron chi connectivity index (χ3n) is 3.58. The number of carboxylic acids is 1. The van der Waals surface area contributed by atoms with Crippen molar-refractivity contribution in [3.8, 4) is 0 Å². The molecule has 1 aliphatic heterocycles. The molecule has 1 aliphatic rings. The van der Waals surface area contributed by atoms with Gasteiger partial charge in [0.15, 0.2) is 0 Å². The number of nitrogens with one attached hydrogen (secondary N) is 1. The number of nitrogens with two attached hydrogens (primary N) is 1. The Balaban J connectivity index is 2.37. The molecule has 7 nitrogen and oxygen atoms in total. The fourth-order valence-electron chi connectivity index (χ4n) is 2.26. The number of primary sulfonamides is 1. The SMILES string of the molecule is CC1(Nc2ccc(S(N)(=O)=O)cc2C(=O)O)CCOCC1. The molecular weight excluding hydrogens is 296 g/mol. The molecule has 0 bridgehead atoms. The van der Waals surface area contributed by atoms with E-state index in [1.54, 1.807) is 0 Å². The molecule has 1 fully saturated rings. The van der Waals surface area contributed by atoms with Gasteiger partial charge in [-0.05, 0) is 38.0 Å². The van der Waals surface area contributed by atoms with E-state index in [4.69, 9.17) is 9.88 Å². The highest BCUT2D eigenvalue weighted by molar-refractivity contribution is 7.89. The summed E-state index contributed by atoms with van der Waals surface area (Å²) in [4.78, 5) is 11.1. The molecule has 0 spiro atoms. The van der Waals surface area contributed by atoms with Crippen LogP contribution < -0.4 is 10.5 Å². The van der Waals surface area contributed by atoms with Crippen molar-refractivity contribution >= 4 is 21.7 Å². The van der Waals surface area contributed by atoms with Crippen molar-refractivity contribution < 1.29 is 23.1 Å². The Morgan fingerprint density at radius 1 is 1.38 bits per heavy atom. The lowest BCUT2D eigenvalue weighted by Crippen LogP contribution is -2.41. The number of aromatic carboxylic acids is 1. The minimum absolute atomic E-state index is 0.116. The fraction of sp³-hybridized carbons (Fsp3) is 0.462. The molecule has 0 aromatic heterocycles. The summed E-state index contributed by atoms with van der Waals surface area (Å²) < 4.78 is 27.9. The van der Waals surface area contributed by atoms with Crippen molar-refractivity contribution in [3.63, 3.8) is 0 Å². The lowest BCUT2D eigenvalue weighted by atomic mass is 9.91. The highest BCUT2D eigenvalue weighted by Gasteiger charge is 2.28. The smallest absolute Gasteiger partial charge is 0.337 e. The van der Waals surface area contributed by atoms with Crippen LogP contribution in [-0.2, 0) is 14.8 Å². The molecule has 116 valence electrons. The molecule has 0 saturated carbocycles. The largest absolute Gasteiger partial charge is 0.478 e. The number of benzene rings is 1. The van der Waals surface area contributed by atoms with E-state index in [-0.39, 0.29) is 16.0 Å². The zero-order valence-electron chi connectivity index (χ0n) is 11.6. The van der Waals surface area contributed by atoms with Crippen molar-refractivity contribution in [3.05, 3.63) is 23.8 Å². The van der Waals surface area contributed by atoms with Crippen LogP contribution in [-0.4, -0.2) is 38.2 Å². The summed E-state index contributed by atoms with van der Waals surface area (Å²) in [6.45, 7) is 3.18. The summed E-state index contributed by atoms with van der Waals surface area (Å²) in [6, 6.07) is 3.80. The Morgan fingerprint density at radius 2 is 2.00 bits per heavy atom. The molecule has 2 rings (SSSR count). The topological polar surface area (TPSA) is 119 Å². The number of hydrogen-bond acceptors (Lipinski definition) is 5. The summed E-state index contributed by atoms with van der Waals surface area (Å²) >= 11 is 0. The second kappa shape index (κ2) is 5.63. The third kappa shape index (κ3) is 3.72. The van der Waals surface area contributed by atoms with Crippen molar-refractivity contribution in [2.24, 2.45) is 5.14 Å². The van der Waals surface area contributed by atoms with E-state index in [2.05, 4.69) is 5.32 Å². The average molecular weight is 314 g/mol. The Labute approximate surface area is 123 Å². The van der Waals surface area contributed by atoms with Crippen LogP contribution in [0.1, 0.15) is 30.1 Å². The molecule has 0 aliphatic carbocycles. The number of rotatable bonds is 4. The first-order valence-electron chi connectivity index (χ1n) is 6.47. The van der Waals surface area contributed by atoms with Gasteiger partial charge in [0.1, 0.15) is 0 Å². The van der Waals surface area contributed by atoms with Gasteiger partial charge in [-0.2, -0.15) is 0 Å². The van der Waals surface area contributed by atoms with Crippen LogP contribution in [0.4, 0.5) is 5.69 Å². The molecule has 4 N–H and O–H groups in total. The molecule has 8 heteroatoms. The van der Waals surface area contributed by atoms with Crippen LogP contribution in [0.25, 0.3) is 0 Å². The fourth-order valence-corrected chi connectivity index (χ4v) is 2.80. The van der Waals surface area contributed by atoms with Crippen LogP contribution in [0, 0.1) is 0 Å². The molecular formula is C13H18N2O5S. The van der Waals surface area contributed by atoms with Gasteiger partial charge >= 0.3 is 5.97 Å². The number of sulfonamides is 1. The Hall–Kier alpha value is -1.64. The first-order chi connectivity index (χ1) is 9.71. The molecule has 0 atom stereocenters. The molecule has 1 heterocycles. The molecule has 0 unspecified atom stereocenters. The standard InChI is InChI=1S/C13H18N2O5S/c1-13(4-6-20-7-5-13)15-11-3-2-9(21(14,18)19)8-10(11)12(16)17/h2-3,8,15H,4-7H2,1H3,(H,16,17)(H2,14,18,19).